The maximum absolute atomic E-state index is 11.3. The van der Waals surface area contributed by atoms with E-state index in [0.29, 0.717) is 12.8 Å². The van der Waals surface area contributed by atoms with Gasteiger partial charge in [-0.05, 0) is 5.92 Å². The second-order valence-corrected chi connectivity index (χ2v) is 3.88. The largest absolute Gasteiger partial charge is 0.281 e. The molecule has 4 heteroatoms. The normalized spacial score (nSPS) is 18.9. The van der Waals surface area contributed by atoms with Crippen molar-refractivity contribution in [2.45, 2.75) is 26.7 Å². The lowest BCUT2D eigenvalue weighted by Gasteiger charge is -2.19. The Hall–Kier alpha value is -1.37. The standard InChI is InChI=1S/C10H14N2O2/c1-7(2)8(5-11)6-12-9(13)3-4-10(12)14/h7-8H,3-4,6H2,1-2H3. The van der Waals surface area contributed by atoms with Crippen LogP contribution in [0.15, 0.2) is 0 Å². The number of hydrogen-bond acceptors (Lipinski definition) is 3. The lowest BCUT2D eigenvalue weighted by atomic mass is 9.97. The van der Waals surface area contributed by atoms with Gasteiger partial charge in [-0.25, -0.2) is 0 Å². The molecule has 1 heterocycles. The molecule has 0 aromatic heterocycles. The summed E-state index contributed by atoms with van der Waals surface area (Å²) in [5.41, 5.74) is 0. The van der Waals surface area contributed by atoms with E-state index in [9.17, 15) is 9.59 Å². The zero-order valence-corrected chi connectivity index (χ0v) is 8.49. The molecule has 14 heavy (non-hydrogen) atoms. The minimum Gasteiger partial charge on any atom is -0.281 e. The lowest BCUT2D eigenvalue weighted by molar-refractivity contribution is -0.138. The summed E-state index contributed by atoms with van der Waals surface area (Å²) >= 11 is 0. The summed E-state index contributed by atoms with van der Waals surface area (Å²) in [5, 5.41) is 8.83. The number of hydrogen-bond donors (Lipinski definition) is 0. The second kappa shape index (κ2) is 4.23. The molecule has 2 amide bonds. The SMILES string of the molecule is CC(C)C(C#N)CN1C(=O)CCC1=O. The predicted octanol–water partition coefficient (Wildman–Crippen LogP) is 0.931. The number of rotatable bonds is 3. The maximum Gasteiger partial charge on any atom is 0.229 e. The number of nitrogens with zero attached hydrogens (tertiary/aromatic N) is 2. The first-order valence-electron chi connectivity index (χ1n) is 4.79. The summed E-state index contributed by atoms with van der Waals surface area (Å²) in [6.45, 7) is 4.09. The van der Waals surface area contributed by atoms with Crippen LogP contribution in [-0.4, -0.2) is 23.3 Å². The van der Waals surface area contributed by atoms with Crippen molar-refractivity contribution >= 4 is 11.8 Å². The summed E-state index contributed by atoms with van der Waals surface area (Å²) in [4.78, 5) is 23.7. The van der Waals surface area contributed by atoms with Gasteiger partial charge in [0.05, 0.1) is 12.0 Å². The van der Waals surface area contributed by atoms with Crippen LogP contribution in [0.2, 0.25) is 0 Å². The predicted molar refractivity (Wildman–Crippen MR) is 49.9 cm³/mol. The van der Waals surface area contributed by atoms with E-state index in [4.69, 9.17) is 5.26 Å². The molecule has 76 valence electrons. The summed E-state index contributed by atoms with van der Waals surface area (Å²) < 4.78 is 0. The van der Waals surface area contributed by atoms with Gasteiger partial charge in [-0.3, -0.25) is 14.5 Å². The van der Waals surface area contributed by atoms with Crippen molar-refractivity contribution in [2.75, 3.05) is 6.54 Å². The van der Waals surface area contributed by atoms with Crippen molar-refractivity contribution in [2.24, 2.45) is 11.8 Å². The number of nitriles is 1. The van der Waals surface area contributed by atoms with Crippen molar-refractivity contribution in [1.82, 2.24) is 4.90 Å². The fourth-order valence-corrected chi connectivity index (χ4v) is 1.42. The van der Waals surface area contributed by atoms with Gasteiger partial charge in [-0.1, -0.05) is 13.8 Å². The molecule has 0 aliphatic carbocycles. The minimum absolute atomic E-state index is 0.143. The van der Waals surface area contributed by atoms with E-state index in [1.165, 1.54) is 4.90 Å². The van der Waals surface area contributed by atoms with Crippen molar-refractivity contribution in [3.05, 3.63) is 0 Å². The van der Waals surface area contributed by atoms with E-state index in [2.05, 4.69) is 6.07 Å². The molecule has 0 saturated carbocycles. The molecular weight excluding hydrogens is 180 g/mol. The number of amides is 2. The third kappa shape index (κ3) is 2.11. The van der Waals surface area contributed by atoms with Crippen molar-refractivity contribution in [3.63, 3.8) is 0 Å². The van der Waals surface area contributed by atoms with Crippen LogP contribution in [0.3, 0.4) is 0 Å². The molecule has 1 rings (SSSR count). The molecule has 0 N–H and O–H groups in total. The van der Waals surface area contributed by atoms with Crippen LogP contribution in [-0.2, 0) is 9.59 Å². The Bertz CT molecular complexity index is 275. The highest BCUT2D eigenvalue weighted by molar-refractivity contribution is 6.01. The van der Waals surface area contributed by atoms with E-state index in [0.717, 1.165) is 0 Å². The van der Waals surface area contributed by atoms with Crippen LogP contribution in [0.5, 0.6) is 0 Å². The Balaban J connectivity index is 2.63. The first kappa shape index (κ1) is 10.7. The summed E-state index contributed by atoms with van der Waals surface area (Å²) in [6.07, 6.45) is 0.601. The average Bonchev–Trinajstić information content (AvgIpc) is 2.43. The summed E-state index contributed by atoms with van der Waals surface area (Å²) in [7, 11) is 0. The van der Waals surface area contributed by atoms with Crippen molar-refractivity contribution < 1.29 is 9.59 Å². The second-order valence-electron chi connectivity index (χ2n) is 3.88. The van der Waals surface area contributed by atoms with Crippen LogP contribution >= 0.6 is 0 Å². The molecule has 4 nitrogen and oxygen atoms in total. The van der Waals surface area contributed by atoms with Gasteiger partial charge < -0.3 is 0 Å². The molecule has 0 aromatic rings. The van der Waals surface area contributed by atoms with Gasteiger partial charge in [0.2, 0.25) is 11.8 Å². The fourth-order valence-electron chi connectivity index (χ4n) is 1.42. The van der Waals surface area contributed by atoms with Crippen LogP contribution in [0.1, 0.15) is 26.7 Å². The summed E-state index contributed by atoms with van der Waals surface area (Å²) in [5.74, 6) is -0.367. The molecule has 0 bridgehead atoms. The van der Waals surface area contributed by atoms with Gasteiger partial charge in [0.25, 0.3) is 0 Å². The Morgan fingerprint density at radius 2 is 1.86 bits per heavy atom. The number of carbonyl (C=O) groups is 2. The van der Waals surface area contributed by atoms with E-state index in [1.54, 1.807) is 0 Å². The van der Waals surface area contributed by atoms with Gasteiger partial charge in [-0.15, -0.1) is 0 Å². The van der Waals surface area contributed by atoms with Crippen LogP contribution in [0.4, 0.5) is 0 Å². The molecule has 1 fully saturated rings. The highest BCUT2D eigenvalue weighted by Crippen LogP contribution is 2.17. The molecule has 1 aliphatic rings. The maximum atomic E-state index is 11.3. The topological polar surface area (TPSA) is 61.2 Å². The number of carbonyl (C=O) groups excluding carboxylic acids is 2. The van der Waals surface area contributed by atoms with E-state index >= 15 is 0 Å². The molecular formula is C10H14N2O2. The van der Waals surface area contributed by atoms with Crippen molar-refractivity contribution in [1.29, 1.82) is 5.26 Å². The third-order valence-electron chi connectivity index (χ3n) is 2.50. The molecule has 0 radical (unpaired) electrons. The van der Waals surface area contributed by atoms with E-state index in [-0.39, 0.29) is 30.2 Å². The highest BCUT2D eigenvalue weighted by atomic mass is 16.2. The van der Waals surface area contributed by atoms with Gasteiger partial charge in [0.1, 0.15) is 0 Å². The average molecular weight is 194 g/mol. The number of likely N-dealkylation sites (tertiary alicyclic amines) is 1. The van der Waals surface area contributed by atoms with Gasteiger partial charge in [0.15, 0.2) is 0 Å². The minimum atomic E-state index is -0.249. The zero-order valence-electron chi connectivity index (χ0n) is 8.49. The van der Waals surface area contributed by atoms with Crippen LogP contribution < -0.4 is 0 Å². The van der Waals surface area contributed by atoms with Gasteiger partial charge in [-0.2, -0.15) is 5.26 Å². The van der Waals surface area contributed by atoms with Crippen LogP contribution in [0, 0.1) is 23.2 Å². The Morgan fingerprint density at radius 3 is 2.21 bits per heavy atom. The fraction of sp³-hybridized carbons (Fsp3) is 0.700. The molecule has 1 unspecified atom stereocenters. The van der Waals surface area contributed by atoms with Crippen molar-refractivity contribution in [3.8, 4) is 6.07 Å². The van der Waals surface area contributed by atoms with E-state index < -0.39 is 0 Å². The Morgan fingerprint density at radius 1 is 1.36 bits per heavy atom. The number of imide groups is 1. The lowest BCUT2D eigenvalue weighted by Crippen LogP contribution is -2.35. The molecule has 1 aliphatic heterocycles. The van der Waals surface area contributed by atoms with Gasteiger partial charge >= 0.3 is 0 Å². The third-order valence-corrected chi connectivity index (χ3v) is 2.50. The Labute approximate surface area is 83.5 Å². The van der Waals surface area contributed by atoms with Crippen LogP contribution in [0.25, 0.3) is 0 Å². The monoisotopic (exact) mass is 194 g/mol. The van der Waals surface area contributed by atoms with Gasteiger partial charge in [0, 0.05) is 19.4 Å². The molecule has 0 aromatic carbocycles. The molecule has 1 atom stereocenters. The Kier molecular flexibility index (Phi) is 3.23. The van der Waals surface area contributed by atoms with E-state index in [1.807, 2.05) is 13.8 Å². The first-order chi connectivity index (χ1) is 6.56. The smallest absolute Gasteiger partial charge is 0.229 e. The summed E-state index contributed by atoms with van der Waals surface area (Å²) in [6, 6.07) is 2.12. The molecule has 0 spiro atoms. The highest BCUT2D eigenvalue weighted by Gasteiger charge is 2.31. The quantitative estimate of drug-likeness (QED) is 0.628. The first-order valence-corrected chi connectivity index (χ1v) is 4.79. The molecule has 1 saturated heterocycles. The zero-order chi connectivity index (χ0) is 10.7.